The highest BCUT2D eigenvalue weighted by molar-refractivity contribution is 5.68. The molecule has 4 aliphatic heterocycles. The molecule has 0 aromatic heterocycles. The number of carbonyl (C=O) groups is 1. The number of carboxylic acids is 1. The van der Waals surface area contributed by atoms with Crippen LogP contribution in [0.3, 0.4) is 0 Å². The van der Waals surface area contributed by atoms with Crippen LogP contribution < -0.4 is 10.6 Å². The molecule has 0 spiro atoms. The van der Waals surface area contributed by atoms with E-state index >= 15 is 0 Å². The second-order valence-corrected chi connectivity index (χ2v) is 13.0. The van der Waals surface area contributed by atoms with Crippen LogP contribution >= 0.6 is 0 Å². The number of carboxylic acid groups (broad SMARTS) is 1. The fraction of sp³-hybridized carbons (Fsp3) is 0.900. The Labute approximate surface area is 224 Å². The normalized spacial score (nSPS) is 42.1. The molecule has 7 nitrogen and oxygen atoms in total. The molecule has 0 aliphatic carbocycles. The highest BCUT2D eigenvalue weighted by Gasteiger charge is 2.38. The van der Waals surface area contributed by atoms with Gasteiger partial charge >= 0.3 is 5.97 Å². The van der Waals surface area contributed by atoms with Crippen molar-refractivity contribution < 1.29 is 20.1 Å². The summed E-state index contributed by atoms with van der Waals surface area (Å²) in [5, 5.41) is 38.1. The maximum atomic E-state index is 11.5. The lowest BCUT2D eigenvalue weighted by molar-refractivity contribution is -0.143. The molecule has 4 aliphatic rings. The van der Waals surface area contributed by atoms with Crippen LogP contribution in [-0.2, 0) is 4.79 Å². The van der Waals surface area contributed by atoms with Gasteiger partial charge in [0.05, 0.1) is 18.1 Å². The van der Waals surface area contributed by atoms with Gasteiger partial charge in [-0.05, 0) is 97.1 Å². The number of hydrogen-bond acceptors (Lipinski definition) is 6. The molecule has 2 bridgehead atoms. The molecule has 3 fully saturated rings. The van der Waals surface area contributed by atoms with Gasteiger partial charge in [-0.2, -0.15) is 0 Å². The Morgan fingerprint density at radius 2 is 1.97 bits per heavy atom. The van der Waals surface area contributed by atoms with E-state index in [2.05, 4.69) is 41.2 Å². The molecule has 4 rings (SSSR count). The third-order valence-corrected chi connectivity index (χ3v) is 9.90. The first-order chi connectivity index (χ1) is 17.6. The fourth-order valence-corrected chi connectivity index (χ4v) is 7.43. The molecular weight excluding hydrogens is 466 g/mol. The van der Waals surface area contributed by atoms with Gasteiger partial charge in [0.15, 0.2) is 0 Å². The van der Waals surface area contributed by atoms with Crippen LogP contribution in [0.25, 0.3) is 0 Å². The van der Waals surface area contributed by atoms with Crippen molar-refractivity contribution in [1.29, 1.82) is 0 Å². The largest absolute Gasteiger partial charge is 0.481 e. The molecule has 0 radical (unpaired) electrons. The Kier molecular flexibility index (Phi) is 9.96. The standard InChI is InChI=1S/C30H51N3O4/c1-22-27(34)12-11-26-18-24(13-17-33(22)26)10-9-23-6-3-4-14-30(37,20-28(35)36)21-32-29(2)15-16-31-25(19-29)8-5-7-23/h22-27,31-32,34,37H,3-4,6,8-21H2,1-2H3,(H,35,36). The molecule has 0 aromatic carbocycles. The molecule has 8 unspecified atom stereocenters. The first-order valence-corrected chi connectivity index (χ1v) is 15.0. The van der Waals surface area contributed by atoms with Gasteiger partial charge in [0.1, 0.15) is 0 Å². The number of rotatable bonds is 5. The summed E-state index contributed by atoms with van der Waals surface area (Å²) in [7, 11) is 0. The zero-order valence-electron chi connectivity index (χ0n) is 23.2. The monoisotopic (exact) mass is 517 g/mol. The summed E-state index contributed by atoms with van der Waals surface area (Å²) in [6.45, 7) is 6.72. The minimum Gasteiger partial charge on any atom is -0.481 e. The lowest BCUT2D eigenvalue weighted by Gasteiger charge is -2.48. The van der Waals surface area contributed by atoms with Crippen LogP contribution in [0.4, 0.5) is 0 Å². The number of aliphatic hydroxyl groups is 2. The highest BCUT2D eigenvalue weighted by atomic mass is 16.4. The second-order valence-electron chi connectivity index (χ2n) is 13.0. The van der Waals surface area contributed by atoms with E-state index in [1.54, 1.807) is 0 Å². The fourth-order valence-electron chi connectivity index (χ4n) is 7.43. The molecule has 5 N–H and O–H groups in total. The van der Waals surface area contributed by atoms with Crippen molar-refractivity contribution in [2.24, 2.45) is 11.8 Å². The Morgan fingerprint density at radius 1 is 1.14 bits per heavy atom. The van der Waals surface area contributed by atoms with Gasteiger partial charge in [-0.1, -0.05) is 18.8 Å². The van der Waals surface area contributed by atoms with Gasteiger partial charge in [-0.3, -0.25) is 9.69 Å². The molecular formula is C30H51N3O4. The van der Waals surface area contributed by atoms with E-state index < -0.39 is 11.6 Å². The van der Waals surface area contributed by atoms with Gasteiger partial charge in [0.2, 0.25) is 0 Å². The Hall–Kier alpha value is -1.17. The second kappa shape index (κ2) is 12.8. The third-order valence-electron chi connectivity index (χ3n) is 9.90. The zero-order valence-corrected chi connectivity index (χ0v) is 23.2. The molecule has 0 aromatic rings. The lowest BCUT2D eigenvalue weighted by atomic mass is 9.79. The van der Waals surface area contributed by atoms with E-state index in [1.807, 2.05) is 0 Å². The van der Waals surface area contributed by atoms with Gasteiger partial charge in [0.25, 0.3) is 0 Å². The highest BCUT2D eigenvalue weighted by Crippen LogP contribution is 2.36. The summed E-state index contributed by atoms with van der Waals surface area (Å²) < 4.78 is 0. The van der Waals surface area contributed by atoms with Crippen LogP contribution in [0.15, 0.2) is 0 Å². The Balaban J connectivity index is 1.36. The maximum absolute atomic E-state index is 11.5. The first kappa shape index (κ1) is 28.8. The average Bonchev–Trinajstić information content (AvgIpc) is 2.85. The average molecular weight is 518 g/mol. The van der Waals surface area contributed by atoms with Crippen LogP contribution in [-0.4, -0.2) is 81.2 Å². The van der Waals surface area contributed by atoms with Gasteiger partial charge in [-0.25, -0.2) is 0 Å². The summed E-state index contributed by atoms with van der Waals surface area (Å²) >= 11 is 0. The predicted molar refractivity (Wildman–Crippen MR) is 146 cm³/mol. The minimum atomic E-state index is -1.21. The molecule has 0 saturated carbocycles. The van der Waals surface area contributed by atoms with Crippen molar-refractivity contribution in [2.45, 2.75) is 139 Å². The molecule has 7 heteroatoms. The topological polar surface area (TPSA) is 105 Å². The quantitative estimate of drug-likeness (QED) is 0.357. The van der Waals surface area contributed by atoms with Crippen molar-refractivity contribution in [3.05, 3.63) is 0 Å². The summed E-state index contributed by atoms with van der Waals surface area (Å²) in [4.78, 5) is 14.1. The zero-order chi connectivity index (χ0) is 26.5. The van der Waals surface area contributed by atoms with Crippen molar-refractivity contribution in [1.82, 2.24) is 15.5 Å². The SMILES string of the molecule is CC1C(O)CCC2CC(CCC3C#CCC4CC(C)(CCN4)NCC(O)(CC(=O)O)CCCC3)CCN21. The number of nitrogens with zero attached hydrogens (tertiary/aromatic N) is 1. The van der Waals surface area contributed by atoms with Crippen molar-refractivity contribution in [3.8, 4) is 11.8 Å². The molecule has 210 valence electrons. The summed E-state index contributed by atoms with van der Waals surface area (Å²) in [5.74, 6) is 7.36. The molecule has 3 saturated heterocycles. The van der Waals surface area contributed by atoms with E-state index in [0.29, 0.717) is 31.0 Å². The number of fused-ring (bicyclic) bond motifs is 3. The van der Waals surface area contributed by atoms with Crippen molar-refractivity contribution >= 4 is 5.97 Å². The van der Waals surface area contributed by atoms with Crippen LogP contribution in [0.2, 0.25) is 0 Å². The number of aliphatic carboxylic acids is 1. The number of β-amino-alcohol motifs (C(OH)–C–C–N with tert-alkyl or cyclic N) is 1. The number of piperidine rings is 3. The molecule has 4 heterocycles. The van der Waals surface area contributed by atoms with E-state index in [0.717, 1.165) is 76.8 Å². The van der Waals surface area contributed by atoms with Crippen molar-refractivity contribution in [3.63, 3.8) is 0 Å². The van der Waals surface area contributed by atoms with Crippen LogP contribution in [0.1, 0.15) is 104 Å². The van der Waals surface area contributed by atoms with Gasteiger partial charge in [-0.15, -0.1) is 5.92 Å². The number of nitrogens with one attached hydrogen (secondary N) is 2. The molecule has 37 heavy (non-hydrogen) atoms. The Morgan fingerprint density at radius 3 is 2.78 bits per heavy atom. The lowest BCUT2D eigenvalue weighted by Crippen LogP contribution is -2.57. The minimum absolute atomic E-state index is 0.116. The van der Waals surface area contributed by atoms with E-state index in [-0.39, 0.29) is 24.1 Å². The molecule has 0 amide bonds. The summed E-state index contributed by atoms with van der Waals surface area (Å²) in [6.07, 6.45) is 12.5. The predicted octanol–water partition coefficient (Wildman–Crippen LogP) is 3.28. The van der Waals surface area contributed by atoms with Crippen LogP contribution in [0, 0.1) is 23.7 Å². The van der Waals surface area contributed by atoms with E-state index in [1.165, 1.54) is 19.3 Å². The number of hydrogen-bond donors (Lipinski definition) is 5. The van der Waals surface area contributed by atoms with E-state index in [9.17, 15) is 20.1 Å². The summed E-state index contributed by atoms with van der Waals surface area (Å²) in [5.41, 5.74) is -1.33. The summed E-state index contributed by atoms with van der Waals surface area (Å²) in [6, 6.07) is 1.23. The van der Waals surface area contributed by atoms with Gasteiger partial charge in [0, 0.05) is 42.5 Å². The van der Waals surface area contributed by atoms with E-state index in [4.69, 9.17) is 0 Å². The Bertz CT molecular complexity index is 827. The van der Waals surface area contributed by atoms with Crippen LogP contribution in [0.5, 0.6) is 0 Å². The first-order valence-electron chi connectivity index (χ1n) is 15.0. The smallest absolute Gasteiger partial charge is 0.306 e. The maximum Gasteiger partial charge on any atom is 0.306 e. The third kappa shape index (κ3) is 8.16. The van der Waals surface area contributed by atoms with Gasteiger partial charge < -0.3 is 26.0 Å². The number of aliphatic hydroxyl groups excluding tert-OH is 1. The molecule has 8 atom stereocenters. The van der Waals surface area contributed by atoms with Crippen molar-refractivity contribution in [2.75, 3.05) is 19.6 Å².